The van der Waals surface area contributed by atoms with E-state index in [0.717, 1.165) is 31.7 Å². The molecule has 1 aromatic heterocycles. The number of hydrogen-bond acceptors (Lipinski definition) is 5. The number of rotatable bonds is 6. The van der Waals surface area contributed by atoms with Gasteiger partial charge in [-0.15, -0.1) is 10.2 Å². The van der Waals surface area contributed by atoms with E-state index in [2.05, 4.69) is 39.4 Å². The first kappa shape index (κ1) is 16.8. The second kappa shape index (κ2) is 7.70. The van der Waals surface area contributed by atoms with Gasteiger partial charge in [0.2, 0.25) is 11.8 Å². The monoisotopic (exact) mass is 349 g/mol. The fourth-order valence-electron chi connectivity index (χ4n) is 3.48. The van der Waals surface area contributed by atoms with Crippen LogP contribution in [0.25, 0.3) is 0 Å². The summed E-state index contributed by atoms with van der Waals surface area (Å²) in [5.41, 5.74) is 2.74. The van der Waals surface area contributed by atoms with Crippen LogP contribution in [0.2, 0.25) is 0 Å². The normalized spacial score (nSPS) is 17.0. The Balaban J connectivity index is 1.43. The molecular weight excluding hydrogens is 326 g/mol. The standard InChI is InChI=1S/C21H23N3O2/c1-16-22-23-21(26-16)20-14-17-8-5-6-9-18(17)15-24(20)12-7-13-25-19-10-3-2-4-11-19/h2-6,8-11,20H,7,12-15H2,1H3/t20-/m1/s1. The van der Waals surface area contributed by atoms with Gasteiger partial charge in [0.25, 0.3) is 0 Å². The number of benzene rings is 2. The van der Waals surface area contributed by atoms with Gasteiger partial charge in [-0.2, -0.15) is 0 Å². The van der Waals surface area contributed by atoms with Gasteiger partial charge in [0.1, 0.15) is 5.75 Å². The van der Waals surface area contributed by atoms with Crippen molar-refractivity contribution >= 4 is 0 Å². The zero-order valence-electron chi connectivity index (χ0n) is 15.0. The summed E-state index contributed by atoms with van der Waals surface area (Å²) in [5.74, 6) is 2.24. The quantitative estimate of drug-likeness (QED) is 0.631. The van der Waals surface area contributed by atoms with Crippen LogP contribution in [0.5, 0.6) is 5.75 Å². The lowest BCUT2D eigenvalue weighted by Crippen LogP contribution is -2.35. The van der Waals surface area contributed by atoms with Gasteiger partial charge in [0, 0.05) is 20.0 Å². The number of fused-ring (bicyclic) bond motifs is 1. The molecule has 1 aliphatic rings. The zero-order chi connectivity index (χ0) is 17.8. The predicted molar refractivity (Wildman–Crippen MR) is 98.9 cm³/mol. The summed E-state index contributed by atoms with van der Waals surface area (Å²) >= 11 is 0. The zero-order valence-corrected chi connectivity index (χ0v) is 15.0. The molecule has 4 rings (SSSR count). The van der Waals surface area contributed by atoms with Crippen molar-refractivity contribution < 1.29 is 9.15 Å². The van der Waals surface area contributed by atoms with E-state index in [1.165, 1.54) is 11.1 Å². The van der Waals surface area contributed by atoms with E-state index < -0.39 is 0 Å². The van der Waals surface area contributed by atoms with Crippen molar-refractivity contribution in [3.05, 3.63) is 77.5 Å². The molecular formula is C21H23N3O2. The molecule has 26 heavy (non-hydrogen) atoms. The molecule has 0 amide bonds. The molecule has 0 fully saturated rings. The van der Waals surface area contributed by atoms with Gasteiger partial charge in [-0.05, 0) is 36.1 Å². The molecule has 1 atom stereocenters. The molecule has 3 aromatic rings. The van der Waals surface area contributed by atoms with Crippen molar-refractivity contribution in [2.24, 2.45) is 0 Å². The lowest BCUT2D eigenvalue weighted by atomic mass is 9.93. The van der Waals surface area contributed by atoms with E-state index in [1.807, 2.05) is 37.3 Å². The Hall–Kier alpha value is -2.66. The first-order chi connectivity index (χ1) is 12.8. The molecule has 5 heteroatoms. The van der Waals surface area contributed by atoms with Crippen LogP contribution in [0.15, 0.2) is 59.0 Å². The predicted octanol–water partition coefficient (Wildman–Crippen LogP) is 3.95. The van der Waals surface area contributed by atoms with Gasteiger partial charge in [-0.1, -0.05) is 42.5 Å². The number of hydrogen-bond donors (Lipinski definition) is 0. The van der Waals surface area contributed by atoms with Crippen LogP contribution in [0.4, 0.5) is 0 Å². The highest BCUT2D eigenvalue weighted by Crippen LogP contribution is 2.32. The molecule has 0 radical (unpaired) electrons. The fraction of sp³-hybridized carbons (Fsp3) is 0.333. The smallest absolute Gasteiger partial charge is 0.233 e. The van der Waals surface area contributed by atoms with E-state index >= 15 is 0 Å². The maximum atomic E-state index is 5.83. The highest BCUT2D eigenvalue weighted by atomic mass is 16.5. The highest BCUT2D eigenvalue weighted by Gasteiger charge is 2.30. The Morgan fingerprint density at radius 3 is 2.58 bits per heavy atom. The molecule has 0 aliphatic carbocycles. The molecule has 0 saturated heterocycles. The van der Waals surface area contributed by atoms with Crippen LogP contribution in [0.1, 0.15) is 35.4 Å². The average molecular weight is 349 g/mol. The van der Waals surface area contributed by atoms with E-state index in [9.17, 15) is 0 Å². The lowest BCUT2D eigenvalue weighted by molar-refractivity contribution is 0.135. The molecule has 2 heterocycles. The third-order valence-electron chi connectivity index (χ3n) is 4.77. The van der Waals surface area contributed by atoms with Crippen molar-refractivity contribution in [3.63, 3.8) is 0 Å². The van der Waals surface area contributed by atoms with E-state index in [1.54, 1.807) is 0 Å². The molecule has 5 nitrogen and oxygen atoms in total. The number of aryl methyl sites for hydroxylation is 1. The molecule has 0 saturated carbocycles. The maximum Gasteiger partial charge on any atom is 0.233 e. The number of para-hydroxylation sites is 1. The third-order valence-corrected chi connectivity index (χ3v) is 4.77. The summed E-state index contributed by atoms with van der Waals surface area (Å²) in [6.45, 7) is 4.35. The van der Waals surface area contributed by atoms with E-state index in [0.29, 0.717) is 18.4 Å². The van der Waals surface area contributed by atoms with Gasteiger partial charge in [0.15, 0.2) is 0 Å². The van der Waals surface area contributed by atoms with Gasteiger partial charge in [-0.25, -0.2) is 0 Å². The minimum atomic E-state index is 0.128. The molecule has 0 spiro atoms. The summed E-state index contributed by atoms with van der Waals surface area (Å²) in [7, 11) is 0. The SMILES string of the molecule is Cc1nnc([C@H]2Cc3ccccc3CN2CCCOc2ccccc2)o1. The number of ether oxygens (including phenoxy) is 1. The summed E-state index contributed by atoms with van der Waals surface area (Å²) in [6, 6.07) is 18.7. The first-order valence-electron chi connectivity index (χ1n) is 9.08. The summed E-state index contributed by atoms with van der Waals surface area (Å²) < 4.78 is 11.6. The van der Waals surface area contributed by atoms with Gasteiger partial charge in [-0.3, -0.25) is 4.90 Å². The Morgan fingerprint density at radius 2 is 1.81 bits per heavy atom. The summed E-state index contributed by atoms with van der Waals surface area (Å²) in [4.78, 5) is 2.42. The Bertz CT molecular complexity index is 847. The topological polar surface area (TPSA) is 51.4 Å². The molecule has 0 bridgehead atoms. The lowest BCUT2D eigenvalue weighted by Gasteiger charge is -2.34. The molecule has 0 N–H and O–H groups in total. The fourth-order valence-corrected chi connectivity index (χ4v) is 3.48. The van der Waals surface area contributed by atoms with Crippen molar-refractivity contribution in [1.82, 2.24) is 15.1 Å². The Morgan fingerprint density at radius 1 is 1.04 bits per heavy atom. The number of nitrogens with zero attached hydrogens (tertiary/aromatic N) is 3. The largest absolute Gasteiger partial charge is 0.494 e. The van der Waals surface area contributed by atoms with Crippen LogP contribution >= 0.6 is 0 Å². The van der Waals surface area contributed by atoms with Crippen LogP contribution in [-0.4, -0.2) is 28.2 Å². The molecule has 134 valence electrons. The molecule has 2 aromatic carbocycles. The van der Waals surface area contributed by atoms with Crippen molar-refractivity contribution in [1.29, 1.82) is 0 Å². The minimum absolute atomic E-state index is 0.128. The second-order valence-electron chi connectivity index (χ2n) is 6.63. The van der Waals surface area contributed by atoms with Crippen molar-refractivity contribution in [2.75, 3.05) is 13.2 Å². The molecule has 0 unspecified atom stereocenters. The van der Waals surface area contributed by atoms with E-state index in [4.69, 9.17) is 9.15 Å². The van der Waals surface area contributed by atoms with Crippen LogP contribution in [-0.2, 0) is 13.0 Å². The molecule has 1 aliphatic heterocycles. The van der Waals surface area contributed by atoms with Crippen LogP contribution in [0, 0.1) is 6.92 Å². The van der Waals surface area contributed by atoms with Crippen molar-refractivity contribution in [3.8, 4) is 5.75 Å². The second-order valence-corrected chi connectivity index (χ2v) is 6.63. The third kappa shape index (κ3) is 3.78. The summed E-state index contributed by atoms with van der Waals surface area (Å²) in [6.07, 6.45) is 1.85. The average Bonchev–Trinajstić information content (AvgIpc) is 3.11. The number of aromatic nitrogens is 2. The Labute approximate surface area is 153 Å². The van der Waals surface area contributed by atoms with Crippen molar-refractivity contribution in [2.45, 2.75) is 32.4 Å². The van der Waals surface area contributed by atoms with Gasteiger partial charge in [0.05, 0.1) is 12.6 Å². The highest BCUT2D eigenvalue weighted by molar-refractivity contribution is 5.30. The first-order valence-corrected chi connectivity index (χ1v) is 9.08. The van der Waals surface area contributed by atoms with Gasteiger partial charge < -0.3 is 9.15 Å². The minimum Gasteiger partial charge on any atom is -0.494 e. The Kier molecular flexibility index (Phi) is 4.97. The van der Waals surface area contributed by atoms with Gasteiger partial charge >= 0.3 is 0 Å². The van der Waals surface area contributed by atoms with Crippen LogP contribution < -0.4 is 4.74 Å². The van der Waals surface area contributed by atoms with Crippen LogP contribution in [0.3, 0.4) is 0 Å². The van der Waals surface area contributed by atoms with E-state index in [-0.39, 0.29) is 6.04 Å². The summed E-state index contributed by atoms with van der Waals surface area (Å²) in [5, 5.41) is 8.30. The maximum absolute atomic E-state index is 5.83.